The molecule has 90 valence electrons. The molecule has 0 aliphatic heterocycles. The lowest BCUT2D eigenvalue weighted by molar-refractivity contribution is -0.767. The number of rotatable bonds is 7. The first-order chi connectivity index (χ1) is 7.72. The molecule has 0 spiro atoms. The van der Waals surface area contributed by atoms with Crippen molar-refractivity contribution in [1.29, 1.82) is 0 Å². The molecule has 0 radical (unpaired) electrons. The number of nitrogens with zero attached hydrogens (tertiary/aromatic N) is 4. The Kier molecular flexibility index (Phi) is 5.24. The maximum Gasteiger partial charge on any atom is 0.343 e. The van der Waals surface area contributed by atoms with Crippen molar-refractivity contribution in [1.82, 2.24) is 5.27 Å². The molecule has 0 amide bonds. The summed E-state index contributed by atoms with van der Waals surface area (Å²) in [4.78, 5) is 10.1. The van der Waals surface area contributed by atoms with Crippen LogP contribution in [0, 0.1) is 10.1 Å². The monoisotopic (exact) mass is 228 g/mol. The topological polar surface area (TPSA) is 86.6 Å². The fraction of sp³-hybridized carbons (Fsp3) is 0.778. The third kappa shape index (κ3) is 4.72. The molecule has 1 aromatic rings. The highest BCUT2D eigenvalue weighted by Crippen LogP contribution is 2.01. The van der Waals surface area contributed by atoms with Crippen LogP contribution in [0.15, 0.2) is 15.8 Å². The Morgan fingerprint density at radius 2 is 2.25 bits per heavy atom. The van der Waals surface area contributed by atoms with Crippen molar-refractivity contribution in [3.63, 3.8) is 0 Å². The van der Waals surface area contributed by atoms with Gasteiger partial charge >= 0.3 is 5.55 Å². The molecule has 0 N–H and O–H groups in total. The van der Waals surface area contributed by atoms with Gasteiger partial charge in [0.2, 0.25) is 6.20 Å². The van der Waals surface area contributed by atoms with Crippen LogP contribution < -0.4 is 15.5 Å². The highest BCUT2D eigenvalue weighted by atomic mass is 16.7. The third-order valence-corrected chi connectivity index (χ3v) is 2.17. The highest BCUT2D eigenvalue weighted by molar-refractivity contribution is 4.45. The number of hydrogen-bond acceptors (Lipinski definition) is 3. The Morgan fingerprint density at radius 1 is 1.50 bits per heavy atom. The van der Waals surface area contributed by atoms with Crippen LogP contribution in [0.4, 0.5) is 0 Å². The van der Waals surface area contributed by atoms with E-state index in [9.17, 15) is 10.1 Å². The first kappa shape index (κ1) is 12.4. The molecular formula is C9H16N4O3. The summed E-state index contributed by atoms with van der Waals surface area (Å²) in [7, 11) is 0. The van der Waals surface area contributed by atoms with E-state index in [0.717, 1.165) is 12.8 Å². The van der Waals surface area contributed by atoms with Gasteiger partial charge in [0.25, 0.3) is 0 Å². The molecule has 0 saturated carbocycles. The van der Waals surface area contributed by atoms with Crippen molar-refractivity contribution in [3.05, 3.63) is 21.9 Å². The lowest BCUT2D eigenvalue weighted by Crippen LogP contribution is -2.37. The first-order valence-electron chi connectivity index (χ1n) is 5.45. The fourth-order valence-corrected chi connectivity index (χ4v) is 1.38. The van der Waals surface area contributed by atoms with E-state index >= 15 is 0 Å². The van der Waals surface area contributed by atoms with E-state index < -0.39 is 5.03 Å². The zero-order valence-corrected chi connectivity index (χ0v) is 9.33. The van der Waals surface area contributed by atoms with Gasteiger partial charge < -0.3 is 4.52 Å². The second kappa shape index (κ2) is 6.76. The molecule has 0 aliphatic carbocycles. The molecule has 0 fully saturated rings. The van der Waals surface area contributed by atoms with E-state index in [4.69, 9.17) is 0 Å². The molecule has 1 aromatic heterocycles. The molecule has 16 heavy (non-hydrogen) atoms. The Morgan fingerprint density at radius 3 is 2.94 bits per heavy atom. The van der Waals surface area contributed by atoms with Gasteiger partial charge in [-0.1, -0.05) is 26.2 Å². The van der Waals surface area contributed by atoms with Crippen molar-refractivity contribution in [2.75, 3.05) is 0 Å². The molecule has 0 saturated heterocycles. The van der Waals surface area contributed by atoms with Crippen molar-refractivity contribution in [3.8, 4) is 0 Å². The first-order valence-corrected chi connectivity index (χ1v) is 5.45. The molecule has 0 bridgehead atoms. The summed E-state index contributed by atoms with van der Waals surface area (Å²) >= 11 is 0. The quantitative estimate of drug-likeness (QED) is 0.296. The van der Waals surface area contributed by atoms with Gasteiger partial charge in [0.1, 0.15) is 11.6 Å². The van der Waals surface area contributed by atoms with E-state index in [1.165, 1.54) is 30.1 Å². The number of aromatic nitrogens is 2. The summed E-state index contributed by atoms with van der Waals surface area (Å²) in [6, 6.07) is 0. The second-order valence-electron chi connectivity index (χ2n) is 3.56. The summed E-state index contributed by atoms with van der Waals surface area (Å²) in [5.41, 5.74) is -0.0708. The molecule has 1 heterocycles. The van der Waals surface area contributed by atoms with Crippen LogP contribution in [0.2, 0.25) is 0 Å². The van der Waals surface area contributed by atoms with Gasteiger partial charge in [0, 0.05) is 6.42 Å². The zero-order valence-electron chi connectivity index (χ0n) is 9.33. The minimum Gasteiger partial charge on any atom is -0.482 e. The van der Waals surface area contributed by atoms with E-state index in [2.05, 4.69) is 21.8 Å². The number of unbranched alkanes of at least 4 members (excludes halogenated alkanes) is 4. The maximum atomic E-state index is 10.1. The van der Waals surface area contributed by atoms with Crippen LogP contribution in [-0.4, -0.2) is 5.03 Å². The maximum absolute atomic E-state index is 10.1. The van der Waals surface area contributed by atoms with E-state index in [1.807, 2.05) is 0 Å². The predicted molar refractivity (Wildman–Crippen MR) is 53.5 cm³/mol. The van der Waals surface area contributed by atoms with Crippen LogP contribution >= 0.6 is 0 Å². The summed E-state index contributed by atoms with van der Waals surface area (Å²) in [6.07, 6.45) is 7.22. The molecule has 0 unspecified atom stereocenters. The van der Waals surface area contributed by atoms with E-state index in [1.54, 1.807) is 0 Å². The number of nitro groups is 1. The molecule has 7 nitrogen and oxygen atoms in total. The van der Waals surface area contributed by atoms with E-state index in [0.29, 0.717) is 6.54 Å². The van der Waals surface area contributed by atoms with Gasteiger partial charge in [-0.3, -0.25) is 5.27 Å². The van der Waals surface area contributed by atoms with Crippen LogP contribution in [0.1, 0.15) is 39.0 Å². The van der Waals surface area contributed by atoms with Gasteiger partial charge in [-0.05, 0) is 6.42 Å². The Hall–Kier alpha value is -1.66. The SMILES string of the molecule is CCCCCCC[n+]1c/c(=N/[N+](=O)[O-])o[n-]1. The average molecular weight is 228 g/mol. The molecule has 0 atom stereocenters. The standard InChI is InChI=1S/C9H16N4O3/c1-2-3-4-5-6-7-12-8-9(16-11-12)10-13(14)15/h8H,2-7H2,1H3/b10-9-. The fourth-order valence-electron chi connectivity index (χ4n) is 1.38. The summed E-state index contributed by atoms with van der Waals surface area (Å²) in [5.74, 6) is 0. The minimum absolute atomic E-state index is 0.0708. The van der Waals surface area contributed by atoms with Crippen LogP contribution in [-0.2, 0) is 6.54 Å². The van der Waals surface area contributed by atoms with E-state index in [-0.39, 0.29) is 5.55 Å². The van der Waals surface area contributed by atoms with Crippen molar-refractivity contribution >= 4 is 0 Å². The van der Waals surface area contributed by atoms with Gasteiger partial charge in [-0.2, -0.15) is 0 Å². The smallest absolute Gasteiger partial charge is 0.343 e. The Labute approximate surface area is 92.9 Å². The average Bonchev–Trinajstić information content (AvgIpc) is 2.64. The highest BCUT2D eigenvalue weighted by Gasteiger charge is 2.00. The van der Waals surface area contributed by atoms with Crippen molar-refractivity contribution in [2.24, 2.45) is 5.10 Å². The normalized spacial score (nSPS) is 11.9. The number of hydrogen-bond donors (Lipinski definition) is 0. The lowest BCUT2D eigenvalue weighted by atomic mass is 10.1. The largest absolute Gasteiger partial charge is 0.482 e. The van der Waals surface area contributed by atoms with Gasteiger partial charge in [-0.15, -0.1) is 0 Å². The van der Waals surface area contributed by atoms with Crippen LogP contribution in [0.3, 0.4) is 0 Å². The van der Waals surface area contributed by atoms with Gasteiger partial charge in [-0.25, -0.2) is 14.8 Å². The summed E-state index contributed by atoms with van der Waals surface area (Å²) < 4.78 is 6.19. The Bertz CT molecular complexity index is 382. The minimum atomic E-state index is -0.800. The van der Waals surface area contributed by atoms with Gasteiger partial charge in [0.15, 0.2) is 5.03 Å². The van der Waals surface area contributed by atoms with Crippen molar-refractivity contribution < 1.29 is 14.2 Å². The molecule has 7 heteroatoms. The van der Waals surface area contributed by atoms with Crippen LogP contribution in [0.25, 0.3) is 0 Å². The summed E-state index contributed by atoms with van der Waals surface area (Å²) in [6.45, 7) is 2.87. The molecule has 1 rings (SSSR count). The summed E-state index contributed by atoms with van der Waals surface area (Å²) in [5, 5.41) is 15.9. The third-order valence-electron chi connectivity index (χ3n) is 2.17. The lowest BCUT2D eigenvalue weighted by Gasteiger charge is -1.97. The Balaban J connectivity index is 2.32. The zero-order chi connectivity index (χ0) is 11.8. The predicted octanol–water partition coefficient (Wildman–Crippen LogP) is 0.587. The molecular weight excluding hydrogens is 212 g/mol. The van der Waals surface area contributed by atoms with Crippen molar-refractivity contribution in [2.45, 2.75) is 45.6 Å². The molecule has 0 aromatic carbocycles. The molecule has 0 aliphatic rings. The van der Waals surface area contributed by atoms with Crippen LogP contribution in [0.5, 0.6) is 0 Å². The van der Waals surface area contributed by atoms with Gasteiger partial charge in [0.05, 0.1) is 0 Å². The number of aryl methyl sites for hydroxylation is 1. The second-order valence-corrected chi connectivity index (χ2v) is 3.56.